The van der Waals surface area contributed by atoms with Crippen LogP contribution in [-0.4, -0.2) is 23.3 Å². The lowest BCUT2D eigenvalue weighted by molar-refractivity contribution is -0.139. The van der Waals surface area contributed by atoms with Gasteiger partial charge in [0, 0.05) is 12.2 Å². The Kier molecular flexibility index (Phi) is 3.78. The van der Waals surface area contributed by atoms with Crippen molar-refractivity contribution >= 4 is 11.8 Å². The van der Waals surface area contributed by atoms with Crippen LogP contribution in [0.1, 0.15) is 43.4 Å². The number of imide groups is 1. The van der Waals surface area contributed by atoms with Crippen LogP contribution < -0.4 is 4.74 Å². The fourth-order valence-corrected chi connectivity index (χ4v) is 3.05. The molecule has 0 bridgehead atoms. The molecule has 0 saturated carbocycles. The van der Waals surface area contributed by atoms with E-state index in [1.54, 1.807) is 0 Å². The Morgan fingerprint density at radius 3 is 2.71 bits per heavy atom. The number of carbonyl (C=O) groups excluding carboxylic acids is 2. The van der Waals surface area contributed by atoms with Crippen LogP contribution in [0.3, 0.4) is 0 Å². The number of hydrogen-bond donors (Lipinski definition) is 0. The minimum atomic E-state index is -0.213. The molecular weight excluding hydrogens is 266 g/mol. The Hall–Kier alpha value is -2.10. The lowest BCUT2D eigenvalue weighted by Gasteiger charge is -2.23. The van der Waals surface area contributed by atoms with Crippen LogP contribution in [0.5, 0.6) is 5.75 Å². The number of rotatable bonds is 5. The first-order valence-electron chi connectivity index (χ1n) is 7.52. The largest absolute Gasteiger partial charge is 0.493 e. The topological polar surface area (TPSA) is 46.6 Å². The molecule has 2 amide bonds. The molecule has 0 saturated heterocycles. The van der Waals surface area contributed by atoms with E-state index in [2.05, 4.69) is 6.92 Å². The minimum Gasteiger partial charge on any atom is -0.493 e. The zero-order valence-electron chi connectivity index (χ0n) is 12.2. The van der Waals surface area contributed by atoms with E-state index in [-0.39, 0.29) is 17.9 Å². The molecule has 1 atom stereocenters. The van der Waals surface area contributed by atoms with Gasteiger partial charge in [-0.05, 0) is 36.5 Å². The molecule has 0 fully saturated rings. The van der Waals surface area contributed by atoms with Gasteiger partial charge in [0.05, 0.1) is 12.6 Å². The normalized spacial score (nSPS) is 20.2. The molecule has 1 aromatic rings. The highest BCUT2D eigenvalue weighted by molar-refractivity contribution is 6.13. The first-order valence-corrected chi connectivity index (χ1v) is 7.52. The van der Waals surface area contributed by atoms with Crippen molar-refractivity contribution in [3.05, 3.63) is 41.5 Å². The third-order valence-corrected chi connectivity index (χ3v) is 4.11. The summed E-state index contributed by atoms with van der Waals surface area (Å²) in [6.45, 7) is 2.84. The molecule has 1 aliphatic carbocycles. The van der Waals surface area contributed by atoms with Gasteiger partial charge in [-0.25, -0.2) is 0 Å². The van der Waals surface area contributed by atoms with E-state index in [1.165, 1.54) is 17.1 Å². The predicted octanol–water partition coefficient (Wildman–Crippen LogP) is 2.78. The van der Waals surface area contributed by atoms with Crippen LogP contribution in [0, 0.1) is 0 Å². The van der Waals surface area contributed by atoms with E-state index in [1.807, 2.05) is 18.2 Å². The van der Waals surface area contributed by atoms with Gasteiger partial charge in [-0.1, -0.05) is 25.5 Å². The molecule has 0 aromatic heterocycles. The fourth-order valence-electron chi connectivity index (χ4n) is 3.05. The minimum absolute atomic E-state index is 0.148. The maximum Gasteiger partial charge on any atom is 0.254 e. The SMILES string of the molecule is CCCCOc1cccc2c1CC[C@@H]2N1C(=O)C=CC1=O. The Labute approximate surface area is 124 Å². The first-order chi connectivity index (χ1) is 10.2. The summed E-state index contributed by atoms with van der Waals surface area (Å²) in [6.07, 6.45) is 6.45. The van der Waals surface area contributed by atoms with Crippen molar-refractivity contribution in [1.82, 2.24) is 4.90 Å². The van der Waals surface area contributed by atoms with E-state index in [0.29, 0.717) is 6.61 Å². The molecule has 1 aromatic carbocycles. The van der Waals surface area contributed by atoms with Crippen molar-refractivity contribution in [3.63, 3.8) is 0 Å². The summed E-state index contributed by atoms with van der Waals surface area (Å²) in [4.78, 5) is 25.1. The quantitative estimate of drug-likeness (QED) is 0.617. The lowest BCUT2D eigenvalue weighted by Crippen LogP contribution is -2.33. The average Bonchev–Trinajstić information content (AvgIpc) is 3.03. The molecule has 2 aliphatic rings. The van der Waals surface area contributed by atoms with Crippen LogP contribution in [0.15, 0.2) is 30.4 Å². The van der Waals surface area contributed by atoms with Gasteiger partial charge in [0.25, 0.3) is 11.8 Å². The van der Waals surface area contributed by atoms with E-state index in [0.717, 1.165) is 42.6 Å². The van der Waals surface area contributed by atoms with Crippen LogP contribution in [-0.2, 0) is 16.0 Å². The highest BCUT2D eigenvalue weighted by Gasteiger charge is 2.37. The van der Waals surface area contributed by atoms with E-state index in [9.17, 15) is 9.59 Å². The highest BCUT2D eigenvalue weighted by Crippen LogP contribution is 2.41. The van der Waals surface area contributed by atoms with Gasteiger partial charge >= 0.3 is 0 Å². The van der Waals surface area contributed by atoms with Crippen molar-refractivity contribution in [2.45, 2.75) is 38.6 Å². The molecule has 4 nitrogen and oxygen atoms in total. The lowest BCUT2D eigenvalue weighted by atomic mass is 10.1. The van der Waals surface area contributed by atoms with Gasteiger partial charge in [0.15, 0.2) is 0 Å². The maximum atomic E-state index is 11.9. The number of hydrogen-bond acceptors (Lipinski definition) is 3. The molecule has 0 N–H and O–H groups in total. The van der Waals surface area contributed by atoms with Crippen molar-refractivity contribution in [2.75, 3.05) is 6.61 Å². The predicted molar refractivity (Wildman–Crippen MR) is 78.9 cm³/mol. The number of benzene rings is 1. The second-order valence-electron chi connectivity index (χ2n) is 5.46. The first kappa shape index (κ1) is 13.9. The molecule has 110 valence electrons. The molecule has 0 radical (unpaired) electrons. The number of ether oxygens (including phenoxy) is 1. The summed E-state index contributed by atoms with van der Waals surface area (Å²) in [7, 11) is 0. The van der Waals surface area contributed by atoms with Crippen LogP contribution in [0.2, 0.25) is 0 Å². The smallest absolute Gasteiger partial charge is 0.254 e. The van der Waals surface area contributed by atoms with E-state index in [4.69, 9.17) is 4.74 Å². The van der Waals surface area contributed by atoms with Crippen molar-refractivity contribution in [3.8, 4) is 5.75 Å². The van der Waals surface area contributed by atoms with Gasteiger partial charge in [-0.15, -0.1) is 0 Å². The summed E-state index contributed by atoms with van der Waals surface area (Å²) >= 11 is 0. The van der Waals surface area contributed by atoms with Gasteiger partial charge in [0.2, 0.25) is 0 Å². The van der Waals surface area contributed by atoms with Crippen LogP contribution in [0.4, 0.5) is 0 Å². The third kappa shape index (κ3) is 2.46. The Morgan fingerprint density at radius 2 is 2.00 bits per heavy atom. The molecule has 4 heteroatoms. The number of fused-ring (bicyclic) bond motifs is 1. The van der Waals surface area contributed by atoms with Gasteiger partial charge in [-0.2, -0.15) is 0 Å². The molecule has 1 heterocycles. The van der Waals surface area contributed by atoms with Gasteiger partial charge < -0.3 is 4.74 Å². The molecule has 0 spiro atoms. The number of unbranched alkanes of at least 4 members (excludes halogenated alkanes) is 1. The second-order valence-corrected chi connectivity index (χ2v) is 5.46. The third-order valence-electron chi connectivity index (χ3n) is 4.11. The molecule has 0 unspecified atom stereocenters. The fraction of sp³-hybridized carbons (Fsp3) is 0.412. The van der Waals surface area contributed by atoms with Crippen molar-refractivity contribution in [1.29, 1.82) is 0 Å². The zero-order chi connectivity index (χ0) is 14.8. The van der Waals surface area contributed by atoms with Crippen LogP contribution >= 0.6 is 0 Å². The van der Waals surface area contributed by atoms with Gasteiger partial charge in [0.1, 0.15) is 5.75 Å². The Bertz CT molecular complexity index is 588. The highest BCUT2D eigenvalue weighted by atomic mass is 16.5. The van der Waals surface area contributed by atoms with Crippen molar-refractivity contribution < 1.29 is 14.3 Å². The monoisotopic (exact) mass is 285 g/mol. The summed E-state index contributed by atoms with van der Waals surface area (Å²) in [5.41, 5.74) is 2.19. The number of nitrogens with zero attached hydrogens (tertiary/aromatic N) is 1. The standard InChI is InChI=1S/C17H19NO3/c1-2-3-11-21-15-6-4-5-12-13(15)7-8-14(12)18-16(19)9-10-17(18)20/h4-6,9-10,14H,2-3,7-8,11H2,1H3/t14-/m0/s1. The Balaban J connectivity index is 1.84. The average molecular weight is 285 g/mol. The number of amides is 2. The van der Waals surface area contributed by atoms with Gasteiger partial charge in [-0.3, -0.25) is 14.5 Å². The van der Waals surface area contributed by atoms with E-state index < -0.39 is 0 Å². The molecular formula is C17H19NO3. The summed E-state index contributed by atoms with van der Waals surface area (Å²) < 4.78 is 5.85. The summed E-state index contributed by atoms with van der Waals surface area (Å²) in [5.74, 6) is 0.473. The summed E-state index contributed by atoms with van der Waals surface area (Å²) in [5, 5.41) is 0. The van der Waals surface area contributed by atoms with Crippen LogP contribution in [0.25, 0.3) is 0 Å². The summed E-state index contributed by atoms with van der Waals surface area (Å²) in [6, 6.07) is 5.77. The zero-order valence-corrected chi connectivity index (χ0v) is 12.2. The number of carbonyl (C=O) groups is 2. The van der Waals surface area contributed by atoms with Crippen molar-refractivity contribution in [2.24, 2.45) is 0 Å². The second kappa shape index (κ2) is 5.72. The Morgan fingerprint density at radius 1 is 1.24 bits per heavy atom. The maximum absolute atomic E-state index is 11.9. The molecule has 3 rings (SSSR count). The van der Waals surface area contributed by atoms with E-state index >= 15 is 0 Å². The molecule has 1 aliphatic heterocycles. The molecule has 21 heavy (non-hydrogen) atoms.